The topological polar surface area (TPSA) is 194 Å². The molecule has 1 fully saturated rings. The zero-order valence-corrected chi connectivity index (χ0v) is 21.4. The molecule has 37 heavy (non-hydrogen) atoms. The van der Waals surface area contributed by atoms with Gasteiger partial charge in [-0.1, -0.05) is 36.8 Å². The molecule has 1 aliphatic rings. The number of carboxylic acid groups (broad SMARTS) is 1. The van der Waals surface area contributed by atoms with Crippen LogP contribution in [0, 0.1) is 0 Å². The van der Waals surface area contributed by atoms with Gasteiger partial charge in [-0.25, -0.2) is 4.79 Å². The van der Waals surface area contributed by atoms with Crippen LogP contribution in [-0.2, 0) is 25.6 Å². The molecule has 11 heteroatoms. The summed E-state index contributed by atoms with van der Waals surface area (Å²) in [4.78, 5) is 52.6. The molecule has 11 nitrogen and oxygen atoms in total. The number of unbranched alkanes of at least 4 members (excludes halogenated alkanes) is 2. The summed E-state index contributed by atoms with van der Waals surface area (Å²) in [7, 11) is 0. The summed E-state index contributed by atoms with van der Waals surface area (Å²) in [5, 5.41) is 14.9. The maximum atomic E-state index is 13.7. The molecule has 0 aliphatic carbocycles. The molecule has 4 unspecified atom stereocenters. The Labute approximate surface area is 218 Å². The monoisotopic (exact) mass is 518 g/mol. The molecule has 0 aromatic heterocycles. The van der Waals surface area contributed by atoms with Crippen LogP contribution in [0.1, 0.15) is 56.9 Å². The van der Waals surface area contributed by atoms with Crippen LogP contribution in [-0.4, -0.2) is 77.5 Å². The van der Waals surface area contributed by atoms with Crippen molar-refractivity contribution in [3.05, 3.63) is 35.9 Å². The fourth-order valence-corrected chi connectivity index (χ4v) is 4.49. The molecule has 206 valence electrons. The van der Waals surface area contributed by atoms with Crippen molar-refractivity contribution in [1.82, 2.24) is 15.5 Å². The number of carbonyl (C=O) groups excluding carboxylic acids is 3. The summed E-state index contributed by atoms with van der Waals surface area (Å²) in [6.45, 7) is 1.29. The molecule has 3 amide bonds. The van der Waals surface area contributed by atoms with Crippen LogP contribution in [0.15, 0.2) is 30.3 Å². The van der Waals surface area contributed by atoms with E-state index >= 15 is 0 Å². The average molecular weight is 519 g/mol. The van der Waals surface area contributed by atoms with Crippen molar-refractivity contribution < 1.29 is 24.3 Å². The molecule has 0 radical (unpaired) electrons. The smallest absolute Gasteiger partial charge is 0.326 e. The van der Waals surface area contributed by atoms with E-state index in [0.29, 0.717) is 58.2 Å². The molecule has 0 bridgehead atoms. The molecule has 4 atom stereocenters. The lowest BCUT2D eigenvalue weighted by atomic mass is 10.0. The van der Waals surface area contributed by atoms with Gasteiger partial charge >= 0.3 is 5.97 Å². The number of hydrogen-bond acceptors (Lipinski definition) is 7. The van der Waals surface area contributed by atoms with E-state index in [1.807, 2.05) is 30.3 Å². The summed E-state index contributed by atoms with van der Waals surface area (Å²) in [5.41, 5.74) is 17.9. The Kier molecular flexibility index (Phi) is 13.0. The van der Waals surface area contributed by atoms with E-state index in [1.54, 1.807) is 0 Å². The first-order valence-electron chi connectivity index (χ1n) is 13.1. The first-order valence-corrected chi connectivity index (χ1v) is 13.1. The van der Waals surface area contributed by atoms with Gasteiger partial charge in [-0.3, -0.25) is 14.4 Å². The third-order valence-electron chi connectivity index (χ3n) is 6.60. The predicted octanol–water partition coefficient (Wildman–Crippen LogP) is -0.140. The van der Waals surface area contributed by atoms with E-state index in [1.165, 1.54) is 4.90 Å². The predicted molar refractivity (Wildman–Crippen MR) is 140 cm³/mol. The second-order valence-corrected chi connectivity index (χ2v) is 9.52. The molecule has 2 rings (SSSR count). The number of aliphatic carboxylic acids is 1. The number of amides is 3. The zero-order chi connectivity index (χ0) is 27.2. The van der Waals surface area contributed by atoms with Gasteiger partial charge in [0.25, 0.3) is 0 Å². The number of carbonyl (C=O) groups is 4. The second-order valence-electron chi connectivity index (χ2n) is 9.52. The Hall–Kier alpha value is -3.02. The van der Waals surface area contributed by atoms with Crippen molar-refractivity contribution in [2.45, 2.75) is 82.0 Å². The van der Waals surface area contributed by atoms with Crippen LogP contribution in [0.25, 0.3) is 0 Å². The first kappa shape index (κ1) is 30.2. The minimum absolute atomic E-state index is 0.239. The van der Waals surface area contributed by atoms with Crippen molar-refractivity contribution >= 4 is 23.7 Å². The van der Waals surface area contributed by atoms with E-state index in [-0.39, 0.29) is 18.7 Å². The molecule has 0 saturated carbocycles. The number of nitrogens with two attached hydrogens (primary N) is 3. The summed E-state index contributed by atoms with van der Waals surface area (Å²) in [5.74, 6) is -2.45. The maximum Gasteiger partial charge on any atom is 0.326 e. The Morgan fingerprint density at radius 1 is 0.946 bits per heavy atom. The summed E-state index contributed by atoms with van der Waals surface area (Å²) in [6.07, 6.45) is 4.63. The van der Waals surface area contributed by atoms with Gasteiger partial charge in [0.15, 0.2) is 0 Å². The minimum atomic E-state index is -1.13. The Balaban J connectivity index is 2.14. The van der Waals surface area contributed by atoms with Gasteiger partial charge in [0.05, 0.1) is 6.04 Å². The molecule has 1 heterocycles. The Morgan fingerprint density at radius 3 is 2.22 bits per heavy atom. The van der Waals surface area contributed by atoms with Crippen molar-refractivity contribution in [2.24, 2.45) is 17.2 Å². The van der Waals surface area contributed by atoms with Gasteiger partial charge in [-0.15, -0.1) is 0 Å². The van der Waals surface area contributed by atoms with Crippen molar-refractivity contribution in [3.63, 3.8) is 0 Å². The van der Waals surface area contributed by atoms with Crippen molar-refractivity contribution in [3.8, 4) is 0 Å². The normalized spacial score (nSPS) is 17.6. The lowest BCUT2D eigenvalue weighted by Gasteiger charge is -2.30. The molecule has 1 saturated heterocycles. The number of nitrogens with zero attached hydrogens (tertiary/aromatic N) is 1. The number of likely N-dealkylation sites (tertiary alicyclic amines) is 1. The van der Waals surface area contributed by atoms with Gasteiger partial charge in [-0.05, 0) is 63.6 Å². The molecular formula is C26H42N6O5. The van der Waals surface area contributed by atoms with Gasteiger partial charge in [-0.2, -0.15) is 0 Å². The first-order chi connectivity index (χ1) is 17.8. The molecule has 9 N–H and O–H groups in total. The van der Waals surface area contributed by atoms with E-state index in [0.717, 1.165) is 12.0 Å². The number of rotatable bonds is 16. The number of carboxylic acids is 1. The lowest BCUT2D eigenvalue weighted by Crippen LogP contribution is -2.57. The number of hydrogen-bond donors (Lipinski definition) is 6. The SMILES string of the molecule is NCCCCC(N)C(=O)NC(Cc1ccccc1)C(=O)N1CCCC1C(=O)NC(CCCCN)C(=O)O. The molecule has 1 aliphatic heterocycles. The van der Waals surface area contributed by atoms with Crippen LogP contribution in [0.3, 0.4) is 0 Å². The lowest BCUT2D eigenvalue weighted by molar-refractivity contribution is -0.145. The van der Waals surface area contributed by atoms with E-state index in [4.69, 9.17) is 17.2 Å². The maximum absolute atomic E-state index is 13.7. The second kappa shape index (κ2) is 16.0. The highest BCUT2D eigenvalue weighted by Gasteiger charge is 2.39. The quantitative estimate of drug-likeness (QED) is 0.163. The van der Waals surface area contributed by atoms with E-state index < -0.39 is 42.0 Å². The summed E-state index contributed by atoms with van der Waals surface area (Å²) >= 11 is 0. The highest BCUT2D eigenvalue weighted by molar-refractivity contribution is 5.94. The van der Waals surface area contributed by atoms with E-state index in [2.05, 4.69) is 10.6 Å². The third-order valence-corrected chi connectivity index (χ3v) is 6.60. The van der Waals surface area contributed by atoms with Gasteiger partial charge in [0.1, 0.15) is 18.1 Å². The van der Waals surface area contributed by atoms with Gasteiger partial charge in [0, 0.05) is 13.0 Å². The van der Waals surface area contributed by atoms with E-state index in [9.17, 15) is 24.3 Å². The third kappa shape index (κ3) is 9.75. The van der Waals surface area contributed by atoms with Crippen LogP contribution in [0.5, 0.6) is 0 Å². The fourth-order valence-electron chi connectivity index (χ4n) is 4.49. The van der Waals surface area contributed by atoms with Gasteiger partial charge < -0.3 is 37.8 Å². The van der Waals surface area contributed by atoms with Gasteiger partial charge in [0.2, 0.25) is 17.7 Å². The molecule has 1 aromatic carbocycles. The highest BCUT2D eigenvalue weighted by atomic mass is 16.4. The fraction of sp³-hybridized carbons (Fsp3) is 0.615. The summed E-state index contributed by atoms with van der Waals surface area (Å²) in [6, 6.07) is 5.73. The minimum Gasteiger partial charge on any atom is -0.480 e. The van der Waals surface area contributed by atoms with Crippen LogP contribution >= 0.6 is 0 Å². The Bertz CT molecular complexity index is 883. The molecule has 0 spiro atoms. The van der Waals surface area contributed by atoms with Crippen LogP contribution in [0.2, 0.25) is 0 Å². The molecular weight excluding hydrogens is 476 g/mol. The standard InChI is InChI=1S/C26H42N6O5/c27-14-6-4-11-19(29)23(33)31-21(17-18-9-2-1-3-10-18)25(35)32-16-8-13-22(32)24(34)30-20(26(36)37)12-5-7-15-28/h1-3,9-10,19-22H,4-8,11-17,27-29H2,(H,30,34)(H,31,33)(H,36,37). The number of benzene rings is 1. The van der Waals surface area contributed by atoms with Crippen LogP contribution in [0.4, 0.5) is 0 Å². The largest absolute Gasteiger partial charge is 0.480 e. The zero-order valence-electron chi connectivity index (χ0n) is 21.4. The average Bonchev–Trinajstić information content (AvgIpc) is 3.38. The molecule has 1 aromatic rings. The van der Waals surface area contributed by atoms with Crippen LogP contribution < -0.4 is 27.8 Å². The van der Waals surface area contributed by atoms with Crippen molar-refractivity contribution in [1.29, 1.82) is 0 Å². The summed E-state index contributed by atoms with van der Waals surface area (Å²) < 4.78 is 0. The Morgan fingerprint density at radius 2 is 1.59 bits per heavy atom. The highest BCUT2D eigenvalue weighted by Crippen LogP contribution is 2.20. The number of nitrogens with one attached hydrogen (secondary N) is 2. The van der Waals surface area contributed by atoms with Crippen molar-refractivity contribution in [2.75, 3.05) is 19.6 Å².